The van der Waals surface area contributed by atoms with Gasteiger partial charge in [0, 0.05) is 11.6 Å². The summed E-state index contributed by atoms with van der Waals surface area (Å²) in [5, 5.41) is 4.53. The average Bonchev–Trinajstić information content (AvgIpc) is 2.58. The Hall–Kier alpha value is -2.14. The standard InChI is InChI=1S/C17H21N3O2/c1-22-16-8-4-3-7-14(16)15-9-10-17(21)20(18-15)13-19-11-5-2-6-12-19/h3-4,7-10H,2,5-6,11-13H2,1H3. The number of likely N-dealkylation sites (tertiary alicyclic amines) is 1. The predicted octanol–water partition coefficient (Wildman–Crippen LogP) is 2.36. The van der Waals surface area contributed by atoms with Crippen molar-refractivity contribution >= 4 is 0 Å². The third-order valence-electron chi connectivity index (χ3n) is 4.03. The minimum Gasteiger partial charge on any atom is -0.496 e. The molecule has 2 heterocycles. The van der Waals surface area contributed by atoms with Crippen LogP contribution < -0.4 is 10.3 Å². The fraction of sp³-hybridized carbons (Fsp3) is 0.412. The SMILES string of the molecule is COc1ccccc1-c1ccc(=O)n(CN2CCCCC2)n1. The van der Waals surface area contributed by atoms with Crippen molar-refractivity contribution in [2.24, 2.45) is 0 Å². The first-order valence-electron chi connectivity index (χ1n) is 7.72. The second-order valence-electron chi connectivity index (χ2n) is 5.58. The van der Waals surface area contributed by atoms with E-state index in [9.17, 15) is 4.79 Å². The summed E-state index contributed by atoms with van der Waals surface area (Å²) in [6.45, 7) is 2.63. The van der Waals surface area contributed by atoms with Gasteiger partial charge in [0.05, 0.1) is 19.5 Å². The van der Waals surface area contributed by atoms with E-state index in [1.54, 1.807) is 23.9 Å². The number of ether oxygens (including phenoxy) is 1. The number of rotatable bonds is 4. The summed E-state index contributed by atoms with van der Waals surface area (Å²) in [4.78, 5) is 14.4. The lowest BCUT2D eigenvalue weighted by Gasteiger charge is -2.26. The summed E-state index contributed by atoms with van der Waals surface area (Å²) in [6.07, 6.45) is 3.67. The molecule has 0 aliphatic carbocycles. The van der Waals surface area contributed by atoms with Crippen LogP contribution in [0.5, 0.6) is 5.75 Å². The Kier molecular flexibility index (Phi) is 4.53. The molecule has 2 aromatic rings. The molecule has 1 aliphatic rings. The van der Waals surface area contributed by atoms with E-state index in [-0.39, 0.29) is 5.56 Å². The van der Waals surface area contributed by atoms with Crippen LogP contribution in [0.25, 0.3) is 11.3 Å². The van der Waals surface area contributed by atoms with Gasteiger partial charge in [-0.25, -0.2) is 4.68 Å². The largest absolute Gasteiger partial charge is 0.496 e. The maximum Gasteiger partial charge on any atom is 0.268 e. The van der Waals surface area contributed by atoms with Crippen molar-refractivity contribution in [3.8, 4) is 17.0 Å². The highest BCUT2D eigenvalue weighted by Gasteiger charge is 2.13. The zero-order valence-corrected chi connectivity index (χ0v) is 12.9. The van der Waals surface area contributed by atoms with Gasteiger partial charge in [-0.05, 0) is 44.1 Å². The maximum atomic E-state index is 12.1. The van der Waals surface area contributed by atoms with Crippen molar-refractivity contribution in [2.45, 2.75) is 25.9 Å². The Bertz CT molecular complexity index is 690. The third-order valence-corrected chi connectivity index (χ3v) is 4.03. The first kappa shape index (κ1) is 14.8. The Balaban J connectivity index is 1.90. The van der Waals surface area contributed by atoms with E-state index in [1.807, 2.05) is 24.3 Å². The van der Waals surface area contributed by atoms with Crippen molar-refractivity contribution in [2.75, 3.05) is 20.2 Å². The number of methoxy groups -OCH3 is 1. The van der Waals surface area contributed by atoms with Gasteiger partial charge in [0.25, 0.3) is 5.56 Å². The zero-order valence-electron chi connectivity index (χ0n) is 12.9. The van der Waals surface area contributed by atoms with Gasteiger partial charge >= 0.3 is 0 Å². The summed E-state index contributed by atoms with van der Waals surface area (Å²) < 4.78 is 6.93. The molecule has 116 valence electrons. The van der Waals surface area contributed by atoms with Crippen LogP contribution in [-0.2, 0) is 6.67 Å². The first-order chi connectivity index (χ1) is 10.8. The van der Waals surface area contributed by atoms with Crippen LogP contribution in [0.15, 0.2) is 41.2 Å². The minimum atomic E-state index is -0.0655. The Labute approximate surface area is 130 Å². The molecule has 1 fully saturated rings. The molecule has 5 nitrogen and oxygen atoms in total. The number of aromatic nitrogens is 2. The van der Waals surface area contributed by atoms with Crippen LogP contribution in [-0.4, -0.2) is 34.9 Å². The lowest BCUT2D eigenvalue weighted by molar-refractivity contribution is 0.170. The van der Waals surface area contributed by atoms with Gasteiger partial charge in [0.15, 0.2) is 0 Å². The summed E-state index contributed by atoms with van der Waals surface area (Å²) in [7, 11) is 1.64. The first-order valence-corrected chi connectivity index (χ1v) is 7.72. The van der Waals surface area contributed by atoms with E-state index >= 15 is 0 Å². The highest BCUT2D eigenvalue weighted by molar-refractivity contribution is 5.66. The number of nitrogens with zero attached hydrogens (tertiary/aromatic N) is 3. The van der Waals surface area contributed by atoms with Gasteiger partial charge in [-0.1, -0.05) is 18.6 Å². The van der Waals surface area contributed by atoms with E-state index in [0.29, 0.717) is 6.67 Å². The molecular formula is C17H21N3O2. The molecule has 3 rings (SSSR count). The fourth-order valence-electron chi connectivity index (χ4n) is 2.84. The maximum absolute atomic E-state index is 12.1. The molecule has 0 bridgehead atoms. The van der Waals surface area contributed by atoms with Crippen LogP contribution >= 0.6 is 0 Å². The summed E-state index contributed by atoms with van der Waals surface area (Å²) in [6, 6.07) is 11.1. The number of hydrogen-bond donors (Lipinski definition) is 0. The molecule has 0 amide bonds. The predicted molar refractivity (Wildman–Crippen MR) is 85.9 cm³/mol. The van der Waals surface area contributed by atoms with E-state index in [2.05, 4.69) is 10.00 Å². The summed E-state index contributed by atoms with van der Waals surface area (Å²) in [5.41, 5.74) is 1.59. The van der Waals surface area contributed by atoms with Gasteiger partial charge in [-0.2, -0.15) is 5.10 Å². The molecule has 22 heavy (non-hydrogen) atoms. The molecule has 1 aromatic heterocycles. The second kappa shape index (κ2) is 6.75. The quantitative estimate of drug-likeness (QED) is 0.869. The Morgan fingerprint density at radius 1 is 1.09 bits per heavy atom. The zero-order chi connectivity index (χ0) is 15.4. The summed E-state index contributed by atoms with van der Waals surface area (Å²) in [5.74, 6) is 0.762. The lowest BCUT2D eigenvalue weighted by Crippen LogP contribution is -2.36. The normalized spacial score (nSPS) is 15.7. The van der Waals surface area contributed by atoms with Crippen molar-refractivity contribution in [3.63, 3.8) is 0 Å². The van der Waals surface area contributed by atoms with Crippen LogP contribution in [0.4, 0.5) is 0 Å². The molecule has 1 aromatic carbocycles. The fourth-order valence-corrected chi connectivity index (χ4v) is 2.84. The van der Waals surface area contributed by atoms with Crippen molar-refractivity contribution in [1.29, 1.82) is 0 Å². The van der Waals surface area contributed by atoms with E-state index < -0.39 is 0 Å². The van der Waals surface area contributed by atoms with Gasteiger partial charge < -0.3 is 4.74 Å². The minimum absolute atomic E-state index is 0.0655. The number of hydrogen-bond acceptors (Lipinski definition) is 4. The van der Waals surface area contributed by atoms with Crippen molar-refractivity contribution < 1.29 is 4.74 Å². The van der Waals surface area contributed by atoms with Crippen LogP contribution in [0.3, 0.4) is 0 Å². The van der Waals surface area contributed by atoms with Gasteiger partial charge in [0.2, 0.25) is 0 Å². The molecule has 1 aliphatic heterocycles. The Morgan fingerprint density at radius 2 is 1.86 bits per heavy atom. The van der Waals surface area contributed by atoms with Crippen LogP contribution in [0.1, 0.15) is 19.3 Å². The van der Waals surface area contributed by atoms with E-state index in [0.717, 1.165) is 30.1 Å². The molecule has 1 saturated heterocycles. The highest BCUT2D eigenvalue weighted by Crippen LogP contribution is 2.27. The van der Waals surface area contributed by atoms with Gasteiger partial charge in [0.1, 0.15) is 5.75 Å². The molecule has 0 unspecified atom stereocenters. The number of benzene rings is 1. The number of para-hydroxylation sites is 1. The van der Waals surface area contributed by atoms with E-state index in [1.165, 1.54) is 19.3 Å². The molecule has 5 heteroatoms. The van der Waals surface area contributed by atoms with Crippen molar-refractivity contribution in [1.82, 2.24) is 14.7 Å². The molecule has 0 atom stereocenters. The molecular weight excluding hydrogens is 278 g/mol. The molecule has 0 radical (unpaired) electrons. The average molecular weight is 299 g/mol. The lowest BCUT2D eigenvalue weighted by atomic mass is 10.1. The molecule has 0 spiro atoms. The highest BCUT2D eigenvalue weighted by atomic mass is 16.5. The monoisotopic (exact) mass is 299 g/mol. The van der Waals surface area contributed by atoms with Crippen LogP contribution in [0.2, 0.25) is 0 Å². The molecule has 0 saturated carbocycles. The third kappa shape index (κ3) is 3.20. The second-order valence-corrected chi connectivity index (χ2v) is 5.58. The van der Waals surface area contributed by atoms with Crippen molar-refractivity contribution in [3.05, 3.63) is 46.8 Å². The Morgan fingerprint density at radius 3 is 2.64 bits per heavy atom. The summed E-state index contributed by atoms with van der Waals surface area (Å²) >= 11 is 0. The van der Waals surface area contributed by atoms with E-state index in [4.69, 9.17) is 4.74 Å². The van der Waals surface area contributed by atoms with Gasteiger partial charge in [-0.15, -0.1) is 0 Å². The number of piperidine rings is 1. The van der Waals surface area contributed by atoms with Crippen LogP contribution in [0, 0.1) is 0 Å². The topological polar surface area (TPSA) is 47.4 Å². The molecule has 0 N–H and O–H groups in total. The smallest absolute Gasteiger partial charge is 0.268 e. The van der Waals surface area contributed by atoms with Gasteiger partial charge in [-0.3, -0.25) is 9.69 Å².